The number of rotatable bonds is 4. The minimum absolute atomic E-state index is 0.0464. The zero-order valence-corrected chi connectivity index (χ0v) is 12.9. The van der Waals surface area contributed by atoms with Gasteiger partial charge in [-0.2, -0.15) is 0 Å². The molecule has 2 aromatic heterocycles. The number of aromatic nitrogens is 2. The molecule has 1 aromatic carbocycles. The van der Waals surface area contributed by atoms with Gasteiger partial charge in [-0.15, -0.1) is 11.3 Å². The summed E-state index contributed by atoms with van der Waals surface area (Å²) in [7, 11) is 0. The quantitative estimate of drug-likeness (QED) is 0.805. The highest BCUT2D eigenvalue weighted by Gasteiger charge is 2.09. The van der Waals surface area contributed by atoms with Gasteiger partial charge in [0.05, 0.1) is 11.8 Å². The van der Waals surface area contributed by atoms with Crippen molar-refractivity contribution in [2.75, 3.05) is 5.32 Å². The van der Waals surface area contributed by atoms with E-state index in [4.69, 9.17) is 0 Å². The molecule has 0 aliphatic rings. The average Bonchev–Trinajstić information content (AvgIpc) is 3.00. The Morgan fingerprint density at radius 3 is 2.77 bits per heavy atom. The SMILES string of the molecule is CCc1ccc(NC(=O)Cn2cnc3ccsc3c2=O)cc1. The summed E-state index contributed by atoms with van der Waals surface area (Å²) < 4.78 is 1.90. The second-order valence-electron chi connectivity index (χ2n) is 4.91. The predicted octanol–water partition coefficient (Wildman–Crippen LogP) is 2.66. The van der Waals surface area contributed by atoms with E-state index in [2.05, 4.69) is 17.2 Å². The minimum atomic E-state index is -0.246. The highest BCUT2D eigenvalue weighted by molar-refractivity contribution is 7.17. The molecule has 0 aliphatic heterocycles. The molecule has 112 valence electrons. The average molecular weight is 313 g/mol. The van der Waals surface area contributed by atoms with E-state index in [1.54, 1.807) is 6.07 Å². The van der Waals surface area contributed by atoms with Crippen LogP contribution in [0.5, 0.6) is 0 Å². The maximum Gasteiger partial charge on any atom is 0.271 e. The number of amides is 1. The lowest BCUT2D eigenvalue weighted by Gasteiger charge is -2.07. The largest absolute Gasteiger partial charge is 0.325 e. The summed E-state index contributed by atoms with van der Waals surface area (Å²) in [4.78, 5) is 28.5. The van der Waals surface area contributed by atoms with Crippen molar-refractivity contribution >= 4 is 33.1 Å². The first kappa shape index (κ1) is 14.5. The lowest BCUT2D eigenvalue weighted by atomic mass is 10.1. The monoisotopic (exact) mass is 313 g/mol. The fourth-order valence-corrected chi connectivity index (χ4v) is 2.96. The lowest BCUT2D eigenvalue weighted by molar-refractivity contribution is -0.116. The Morgan fingerprint density at radius 2 is 2.05 bits per heavy atom. The van der Waals surface area contributed by atoms with Gasteiger partial charge in [-0.1, -0.05) is 19.1 Å². The zero-order valence-electron chi connectivity index (χ0n) is 12.1. The molecule has 0 bridgehead atoms. The van der Waals surface area contributed by atoms with Crippen LogP contribution in [-0.2, 0) is 17.8 Å². The standard InChI is InChI=1S/C16H15N3O2S/c1-2-11-3-5-12(6-4-11)18-14(20)9-19-10-17-13-7-8-22-15(13)16(19)21/h3-8,10H,2,9H2,1H3,(H,18,20). The molecule has 0 unspecified atom stereocenters. The molecule has 0 saturated carbocycles. The van der Waals surface area contributed by atoms with E-state index in [-0.39, 0.29) is 18.0 Å². The van der Waals surface area contributed by atoms with Crippen molar-refractivity contribution in [3.05, 3.63) is 58.0 Å². The van der Waals surface area contributed by atoms with Gasteiger partial charge in [0.2, 0.25) is 5.91 Å². The first-order chi connectivity index (χ1) is 10.7. The Bertz CT molecular complexity index is 865. The number of carbonyl (C=O) groups excluding carboxylic acids is 1. The summed E-state index contributed by atoms with van der Waals surface area (Å²) in [5.74, 6) is -0.246. The minimum Gasteiger partial charge on any atom is -0.325 e. The first-order valence-corrected chi connectivity index (χ1v) is 7.87. The Labute approximate surface area is 131 Å². The van der Waals surface area contributed by atoms with Crippen LogP contribution in [0.4, 0.5) is 5.69 Å². The van der Waals surface area contributed by atoms with Gasteiger partial charge in [0.1, 0.15) is 11.2 Å². The third kappa shape index (κ3) is 2.92. The maximum absolute atomic E-state index is 12.2. The van der Waals surface area contributed by atoms with Gasteiger partial charge in [-0.3, -0.25) is 14.2 Å². The molecule has 22 heavy (non-hydrogen) atoms. The van der Waals surface area contributed by atoms with Crippen molar-refractivity contribution < 1.29 is 4.79 Å². The number of carbonyl (C=O) groups is 1. The number of hydrogen-bond donors (Lipinski definition) is 1. The van der Waals surface area contributed by atoms with E-state index >= 15 is 0 Å². The summed E-state index contributed by atoms with van der Waals surface area (Å²) >= 11 is 1.34. The normalized spacial score (nSPS) is 10.8. The van der Waals surface area contributed by atoms with Crippen molar-refractivity contribution in [2.24, 2.45) is 0 Å². The molecule has 0 radical (unpaired) electrons. The van der Waals surface area contributed by atoms with Crippen LogP contribution in [0.3, 0.4) is 0 Å². The number of hydrogen-bond acceptors (Lipinski definition) is 4. The first-order valence-electron chi connectivity index (χ1n) is 6.99. The fourth-order valence-electron chi connectivity index (χ4n) is 2.17. The Morgan fingerprint density at radius 1 is 1.27 bits per heavy atom. The highest BCUT2D eigenvalue weighted by atomic mass is 32.1. The van der Waals surface area contributed by atoms with Crippen LogP contribution < -0.4 is 10.9 Å². The van der Waals surface area contributed by atoms with Crippen molar-refractivity contribution in [3.63, 3.8) is 0 Å². The van der Waals surface area contributed by atoms with Gasteiger partial charge in [0.15, 0.2) is 0 Å². The second-order valence-corrected chi connectivity index (χ2v) is 5.83. The van der Waals surface area contributed by atoms with E-state index in [0.29, 0.717) is 10.2 Å². The number of fused-ring (bicyclic) bond motifs is 1. The smallest absolute Gasteiger partial charge is 0.271 e. The van der Waals surface area contributed by atoms with Crippen molar-refractivity contribution in [2.45, 2.75) is 19.9 Å². The Kier molecular flexibility index (Phi) is 4.02. The van der Waals surface area contributed by atoms with E-state index < -0.39 is 0 Å². The molecular formula is C16H15N3O2S. The number of anilines is 1. The molecule has 0 atom stereocenters. The third-order valence-corrected chi connectivity index (χ3v) is 4.29. The molecule has 0 saturated heterocycles. The van der Waals surface area contributed by atoms with Crippen LogP contribution >= 0.6 is 11.3 Å². The topological polar surface area (TPSA) is 64.0 Å². The summed E-state index contributed by atoms with van der Waals surface area (Å²) in [6, 6.07) is 9.46. The van der Waals surface area contributed by atoms with E-state index in [1.807, 2.05) is 29.6 Å². The lowest BCUT2D eigenvalue weighted by Crippen LogP contribution is -2.27. The number of benzene rings is 1. The predicted molar refractivity (Wildman–Crippen MR) is 88.3 cm³/mol. The van der Waals surface area contributed by atoms with Crippen molar-refractivity contribution in [3.8, 4) is 0 Å². The molecular weight excluding hydrogens is 298 g/mol. The summed E-state index contributed by atoms with van der Waals surface area (Å²) in [6.45, 7) is 2.03. The van der Waals surface area contributed by atoms with E-state index in [0.717, 1.165) is 12.1 Å². The van der Waals surface area contributed by atoms with Crippen molar-refractivity contribution in [1.82, 2.24) is 9.55 Å². The van der Waals surface area contributed by atoms with Crippen molar-refractivity contribution in [1.29, 1.82) is 0 Å². The Hall–Kier alpha value is -2.47. The second kappa shape index (κ2) is 6.11. The fraction of sp³-hybridized carbons (Fsp3) is 0.188. The van der Waals surface area contributed by atoms with Crippen LogP contribution in [0.2, 0.25) is 0 Å². The molecule has 0 spiro atoms. The van der Waals surface area contributed by atoms with Gasteiger partial charge in [0, 0.05) is 5.69 Å². The molecule has 3 aromatic rings. The van der Waals surface area contributed by atoms with Crippen LogP contribution in [0.15, 0.2) is 46.8 Å². The third-order valence-electron chi connectivity index (χ3n) is 3.40. The molecule has 1 amide bonds. The van der Waals surface area contributed by atoms with Gasteiger partial charge in [-0.05, 0) is 35.6 Å². The van der Waals surface area contributed by atoms with Crippen LogP contribution in [-0.4, -0.2) is 15.5 Å². The number of aryl methyl sites for hydroxylation is 1. The molecule has 0 aliphatic carbocycles. The maximum atomic E-state index is 12.2. The van der Waals surface area contributed by atoms with Crippen LogP contribution in [0.25, 0.3) is 10.2 Å². The molecule has 6 heteroatoms. The van der Waals surface area contributed by atoms with Crippen LogP contribution in [0.1, 0.15) is 12.5 Å². The summed E-state index contributed by atoms with van der Waals surface area (Å²) in [6.07, 6.45) is 2.37. The number of nitrogens with zero attached hydrogens (tertiary/aromatic N) is 2. The zero-order chi connectivity index (χ0) is 15.5. The van der Waals surface area contributed by atoms with Gasteiger partial charge < -0.3 is 5.32 Å². The molecule has 1 N–H and O–H groups in total. The van der Waals surface area contributed by atoms with Crippen LogP contribution in [0, 0.1) is 0 Å². The number of thiophene rings is 1. The molecule has 2 heterocycles. The molecule has 0 fully saturated rings. The van der Waals surface area contributed by atoms with E-state index in [9.17, 15) is 9.59 Å². The van der Waals surface area contributed by atoms with Gasteiger partial charge in [0.25, 0.3) is 5.56 Å². The highest BCUT2D eigenvalue weighted by Crippen LogP contribution is 2.13. The summed E-state index contributed by atoms with van der Waals surface area (Å²) in [5, 5.41) is 4.61. The molecule has 5 nitrogen and oxygen atoms in total. The van der Waals surface area contributed by atoms with E-state index in [1.165, 1.54) is 27.8 Å². The Balaban J connectivity index is 1.74. The van der Waals surface area contributed by atoms with Gasteiger partial charge >= 0.3 is 0 Å². The molecule has 3 rings (SSSR count). The van der Waals surface area contributed by atoms with Gasteiger partial charge in [-0.25, -0.2) is 4.98 Å². The summed E-state index contributed by atoms with van der Waals surface area (Å²) in [5.41, 5.74) is 2.42. The number of nitrogens with one attached hydrogen (secondary N) is 1.